The number of rotatable bonds is 7. The highest BCUT2D eigenvalue weighted by molar-refractivity contribution is 7.89. The molecule has 0 aliphatic heterocycles. The first kappa shape index (κ1) is 13.7. The van der Waals surface area contributed by atoms with Crippen LogP contribution in [-0.4, -0.2) is 32.8 Å². The van der Waals surface area contributed by atoms with E-state index in [1.807, 2.05) is 12.2 Å². The first-order valence-corrected chi connectivity index (χ1v) is 7.53. The average Bonchev–Trinajstić information content (AvgIpc) is 2.64. The third-order valence-electron chi connectivity index (χ3n) is 2.50. The van der Waals surface area contributed by atoms with Crippen molar-refractivity contribution in [3.63, 3.8) is 0 Å². The number of sulfonamides is 1. The molecular formula is C11H22N2O2S. The van der Waals surface area contributed by atoms with Gasteiger partial charge in [0.2, 0.25) is 10.0 Å². The van der Waals surface area contributed by atoms with E-state index in [4.69, 9.17) is 0 Å². The van der Waals surface area contributed by atoms with Crippen LogP contribution in [0.2, 0.25) is 0 Å². The molecule has 1 rings (SSSR count). The summed E-state index contributed by atoms with van der Waals surface area (Å²) in [6.45, 7) is 4.86. The van der Waals surface area contributed by atoms with Crippen molar-refractivity contribution in [2.75, 3.05) is 12.3 Å². The lowest BCUT2D eigenvalue weighted by Gasteiger charge is -2.13. The van der Waals surface area contributed by atoms with Crippen molar-refractivity contribution < 1.29 is 8.42 Å². The molecule has 0 saturated heterocycles. The average molecular weight is 246 g/mol. The van der Waals surface area contributed by atoms with Gasteiger partial charge in [0, 0.05) is 12.1 Å². The van der Waals surface area contributed by atoms with Gasteiger partial charge in [0.1, 0.15) is 0 Å². The van der Waals surface area contributed by atoms with Crippen LogP contribution in [0.15, 0.2) is 12.2 Å². The van der Waals surface area contributed by atoms with Gasteiger partial charge in [-0.25, -0.2) is 13.1 Å². The number of nitrogens with one attached hydrogen (secondary N) is 2. The van der Waals surface area contributed by atoms with E-state index in [0.717, 1.165) is 19.4 Å². The van der Waals surface area contributed by atoms with E-state index in [9.17, 15) is 8.42 Å². The molecule has 0 radical (unpaired) electrons. The topological polar surface area (TPSA) is 58.2 Å². The van der Waals surface area contributed by atoms with E-state index in [0.29, 0.717) is 12.5 Å². The predicted molar refractivity (Wildman–Crippen MR) is 66.8 cm³/mol. The van der Waals surface area contributed by atoms with E-state index in [2.05, 4.69) is 23.9 Å². The minimum atomic E-state index is -3.09. The normalized spacial score (nSPS) is 17.4. The molecular weight excluding hydrogens is 224 g/mol. The van der Waals surface area contributed by atoms with Crippen molar-refractivity contribution in [3.8, 4) is 0 Å². The van der Waals surface area contributed by atoms with Crippen molar-refractivity contribution in [2.24, 2.45) is 0 Å². The van der Waals surface area contributed by atoms with Crippen LogP contribution in [-0.2, 0) is 10.0 Å². The zero-order chi connectivity index (χ0) is 12.0. The lowest BCUT2D eigenvalue weighted by molar-refractivity contribution is 0.545. The molecule has 0 amide bonds. The summed E-state index contributed by atoms with van der Waals surface area (Å²) >= 11 is 0. The van der Waals surface area contributed by atoms with Gasteiger partial charge < -0.3 is 5.32 Å². The van der Waals surface area contributed by atoms with E-state index in [1.165, 1.54) is 0 Å². The fourth-order valence-corrected chi connectivity index (χ4v) is 3.02. The summed E-state index contributed by atoms with van der Waals surface area (Å²) in [5, 5.41) is 3.21. The number of hydrogen-bond acceptors (Lipinski definition) is 3. The monoisotopic (exact) mass is 246 g/mol. The molecule has 4 nitrogen and oxygen atoms in total. The van der Waals surface area contributed by atoms with E-state index < -0.39 is 10.0 Å². The fourth-order valence-electron chi connectivity index (χ4n) is 1.68. The SMILES string of the molecule is CC(C)NCCCS(=O)(=O)NC1CC=CC1. The van der Waals surface area contributed by atoms with Crippen molar-refractivity contribution in [3.05, 3.63) is 12.2 Å². The highest BCUT2D eigenvalue weighted by Crippen LogP contribution is 2.10. The van der Waals surface area contributed by atoms with Gasteiger partial charge in [-0.05, 0) is 25.8 Å². The van der Waals surface area contributed by atoms with Gasteiger partial charge in [-0.15, -0.1) is 0 Å². The summed E-state index contributed by atoms with van der Waals surface area (Å²) in [5.41, 5.74) is 0. The summed E-state index contributed by atoms with van der Waals surface area (Å²) in [6, 6.07) is 0.498. The molecule has 5 heteroatoms. The first-order chi connectivity index (χ1) is 7.49. The van der Waals surface area contributed by atoms with Crippen LogP contribution in [0, 0.1) is 0 Å². The molecule has 16 heavy (non-hydrogen) atoms. The van der Waals surface area contributed by atoms with Gasteiger partial charge in [0.05, 0.1) is 5.75 Å². The van der Waals surface area contributed by atoms with Crippen LogP contribution >= 0.6 is 0 Å². The van der Waals surface area contributed by atoms with Gasteiger partial charge in [-0.3, -0.25) is 0 Å². The number of hydrogen-bond donors (Lipinski definition) is 2. The molecule has 0 spiro atoms. The maximum Gasteiger partial charge on any atom is 0.211 e. The molecule has 1 aliphatic carbocycles. The lowest BCUT2D eigenvalue weighted by Crippen LogP contribution is -2.35. The van der Waals surface area contributed by atoms with Crippen molar-refractivity contribution in [1.29, 1.82) is 0 Å². The first-order valence-electron chi connectivity index (χ1n) is 5.88. The molecule has 0 fully saturated rings. The molecule has 0 unspecified atom stereocenters. The fraction of sp³-hybridized carbons (Fsp3) is 0.818. The Morgan fingerprint density at radius 2 is 1.94 bits per heavy atom. The second-order valence-corrected chi connectivity index (χ2v) is 6.41. The summed E-state index contributed by atoms with van der Waals surface area (Å²) in [5.74, 6) is 0.212. The van der Waals surface area contributed by atoms with Crippen molar-refractivity contribution >= 4 is 10.0 Å². The Bertz CT molecular complexity index is 315. The van der Waals surface area contributed by atoms with Crippen LogP contribution in [0.1, 0.15) is 33.1 Å². The second-order valence-electron chi connectivity index (χ2n) is 4.54. The van der Waals surface area contributed by atoms with Crippen LogP contribution in [0.4, 0.5) is 0 Å². The van der Waals surface area contributed by atoms with Crippen LogP contribution in [0.25, 0.3) is 0 Å². The third-order valence-corrected chi connectivity index (χ3v) is 4.02. The Labute approximate surface area is 98.6 Å². The minimum Gasteiger partial charge on any atom is -0.314 e. The summed E-state index contributed by atoms with van der Waals surface area (Å²) in [6.07, 6.45) is 6.35. The molecule has 0 saturated carbocycles. The molecule has 0 atom stereocenters. The molecule has 2 N–H and O–H groups in total. The second kappa shape index (κ2) is 6.37. The Morgan fingerprint density at radius 1 is 1.31 bits per heavy atom. The van der Waals surface area contributed by atoms with Crippen molar-refractivity contribution in [1.82, 2.24) is 10.0 Å². The van der Waals surface area contributed by atoms with Crippen molar-refractivity contribution in [2.45, 2.75) is 45.2 Å². The Morgan fingerprint density at radius 3 is 2.50 bits per heavy atom. The largest absolute Gasteiger partial charge is 0.314 e. The Hall–Kier alpha value is -0.390. The van der Waals surface area contributed by atoms with Gasteiger partial charge in [0.15, 0.2) is 0 Å². The predicted octanol–water partition coefficient (Wildman–Crippen LogP) is 1.01. The molecule has 0 bridgehead atoms. The molecule has 1 aliphatic rings. The van der Waals surface area contributed by atoms with Crippen LogP contribution in [0.5, 0.6) is 0 Å². The summed E-state index contributed by atoms with van der Waals surface area (Å²) < 4.78 is 26.1. The maximum atomic E-state index is 11.7. The van der Waals surface area contributed by atoms with Gasteiger partial charge in [-0.2, -0.15) is 0 Å². The molecule has 0 aromatic rings. The van der Waals surface area contributed by atoms with E-state index in [1.54, 1.807) is 0 Å². The molecule has 0 heterocycles. The van der Waals surface area contributed by atoms with Gasteiger partial charge in [-0.1, -0.05) is 26.0 Å². The standard InChI is InChI=1S/C11H22N2O2S/c1-10(2)12-8-5-9-16(14,15)13-11-6-3-4-7-11/h3-4,10-13H,5-9H2,1-2H3. The maximum absolute atomic E-state index is 11.7. The smallest absolute Gasteiger partial charge is 0.211 e. The van der Waals surface area contributed by atoms with Crippen LogP contribution < -0.4 is 10.0 Å². The Kier molecular flexibility index (Phi) is 5.44. The third kappa shape index (κ3) is 5.63. The minimum absolute atomic E-state index is 0.0862. The molecule has 94 valence electrons. The lowest BCUT2D eigenvalue weighted by atomic mass is 10.3. The highest BCUT2D eigenvalue weighted by atomic mass is 32.2. The zero-order valence-electron chi connectivity index (χ0n) is 10.1. The quantitative estimate of drug-likeness (QED) is 0.521. The van der Waals surface area contributed by atoms with Gasteiger partial charge in [0.25, 0.3) is 0 Å². The Balaban J connectivity index is 2.18. The van der Waals surface area contributed by atoms with Crippen LogP contribution in [0.3, 0.4) is 0 Å². The van der Waals surface area contributed by atoms with E-state index >= 15 is 0 Å². The summed E-state index contributed by atoms with van der Waals surface area (Å²) in [4.78, 5) is 0. The van der Waals surface area contributed by atoms with E-state index in [-0.39, 0.29) is 11.8 Å². The zero-order valence-corrected chi connectivity index (χ0v) is 10.9. The highest BCUT2D eigenvalue weighted by Gasteiger charge is 2.17. The van der Waals surface area contributed by atoms with Gasteiger partial charge >= 0.3 is 0 Å². The molecule has 0 aromatic heterocycles. The molecule has 0 aromatic carbocycles. The summed E-state index contributed by atoms with van der Waals surface area (Å²) in [7, 11) is -3.09.